The van der Waals surface area contributed by atoms with Gasteiger partial charge >= 0.3 is 0 Å². The maximum atomic E-state index is 12.6. The summed E-state index contributed by atoms with van der Waals surface area (Å²) in [6, 6.07) is 11.7. The number of pyridine rings is 1. The first kappa shape index (κ1) is 20.1. The Balaban J connectivity index is 1.54. The van der Waals surface area contributed by atoms with Crippen LogP contribution in [0.3, 0.4) is 0 Å². The Bertz CT molecular complexity index is 754. The summed E-state index contributed by atoms with van der Waals surface area (Å²) in [5.41, 5.74) is 2.64. The van der Waals surface area contributed by atoms with Gasteiger partial charge in [-0.1, -0.05) is 0 Å². The summed E-state index contributed by atoms with van der Waals surface area (Å²) in [4.78, 5) is 21.4. The van der Waals surface area contributed by atoms with E-state index in [4.69, 9.17) is 0 Å². The molecule has 0 atom stereocenters. The zero-order valence-corrected chi connectivity index (χ0v) is 16.9. The van der Waals surface area contributed by atoms with E-state index < -0.39 is 0 Å². The number of nitrogens with one attached hydrogen (secondary N) is 2. The maximum Gasteiger partial charge on any atom is 0.255 e. The zero-order valence-electron chi connectivity index (χ0n) is 16.9. The molecule has 1 aliphatic heterocycles. The number of aromatic nitrogens is 1. The van der Waals surface area contributed by atoms with Crippen molar-refractivity contribution in [1.82, 2.24) is 9.88 Å². The molecule has 1 saturated heterocycles. The number of piperidine rings is 1. The number of anilines is 3. The lowest BCUT2D eigenvalue weighted by Crippen LogP contribution is -2.29. The highest BCUT2D eigenvalue weighted by atomic mass is 16.1. The average molecular weight is 382 g/mol. The van der Waals surface area contributed by atoms with Gasteiger partial charge in [0, 0.05) is 42.8 Å². The highest BCUT2D eigenvalue weighted by molar-refractivity contribution is 6.04. The van der Waals surface area contributed by atoms with Crippen molar-refractivity contribution in [3.05, 3.63) is 48.2 Å². The fourth-order valence-corrected chi connectivity index (χ4v) is 3.39. The molecule has 1 fully saturated rings. The van der Waals surface area contributed by atoms with E-state index in [1.807, 2.05) is 12.1 Å². The van der Waals surface area contributed by atoms with Gasteiger partial charge in [-0.2, -0.15) is 0 Å². The molecule has 2 heterocycles. The lowest BCUT2D eigenvalue weighted by molar-refractivity contribution is 0.102. The van der Waals surface area contributed by atoms with E-state index in [2.05, 4.69) is 51.6 Å². The van der Waals surface area contributed by atoms with Crippen molar-refractivity contribution in [3.8, 4) is 0 Å². The molecular formula is C22H31N5O. The van der Waals surface area contributed by atoms with E-state index in [1.165, 1.54) is 24.9 Å². The molecule has 2 N–H and O–H groups in total. The van der Waals surface area contributed by atoms with Crippen molar-refractivity contribution in [1.29, 1.82) is 0 Å². The van der Waals surface area contributed by atoms with Crippen LogP contribution in [0.4, 0.5) is 17.2 Å². The van der Waals surface area contributed by atoms with Crippen LogP contribution in [-0.2, 0) is 0 Å². The van der Waals surface area contributed by atoms with Crippen molar-refractivity contribution in [2.24, 2.45) is 0 Å². The summed E-state index contributed by atoms with van der Waals surface area (Å²) < 4.78 is 0. The van der Waals surface area contributed by atoms with E-state index in [0.29, 0.717) is 5.56 Å². The van der Waals surface area contributed by atoms with Crippen LogP contribution in [0.15, 0.2) is 42.6 Å². The van der Waals surface area contributed by atoms with Crippen LogP contribution in [0, 0.1) is 0 Å². The van der Waals surface area contributed by atoms with E-state index in [-0.39, 0.29) is 5.91 Å². The van der Waals surface area contributed by atoms with Crippen molar-refractivity contribution < 1.29 is 4.79 Å². The summed E-state index contributed by atoms with van der Waals surface area (Å²) in [7, 11) is 4.12. The van der Waals surface area contributed by atoms with E-state index >= 15 is 0 Å². The van der Waals surface area contributed by atoms with Crippen LogP contribution >= 0.6 is 0 Å². The Kier molecular flexibility index (Phi) is 7.25. The standard InChI is InChI=1S/C22H31N5O/c1-26(2)14-6-12-23-21-17-18(11-13-24-21)22(28)25-19-7-9-20(10-8-19)27-15-4-3-5-16-27/h7-11,13,17H,3-6,12,14-16H2,1-2H3,(H,23,24)(H,25,28). The van der Waals surface area contributed by atoms with Gasteiger partial charge in [-0.25, -0.2) is 4.98 Å². The first-order chi connectivity index (χ1) is 13.6. The van der Waals surface area contributed by atoms with Crippen LogP contribution in [-0.4, -0.2) is 56.1 Å². The molecule has 2 aromatic rings. The second-order valence-electron chi connectivity index (χ2n) is 7.56. The molecule has 6 nitrogen and oxygen atoms in total. The predicted molar refractivity (Wildman–Crippen MR) is 116 cm³/mol. The smallest absolute Gasteiger partial charge is 0.255 e. The molecule has 28 heavy (non-hydrogen) atoms. The minimum atomic E-state index is -0.121. The number of carbonyl (C=O) groups is 1. The first-order valence-corrected chi connectivity index (χ1v) is 10.1. The molecule has 1 aromatic heterocycles. The largest absolute Gasteiger partial charge is 0.372 e. The molecule has 1 aromatic carbocycles. The SMILES string of the molecule is CN(C)CCCNc1cc(C(=O)Nc2ccc(N3CCCCC3)cc2)ccn1. The molecule has 0 bridgehead atoms. The Morgan fingerprint density at radius 3 is 2.57 bits per heavy atom. The van der Waals surface area contributed by atoms with Crippen molar-refractivity contribution in [3.63, 3.8) is 0 Å². The number of rotatable bonds is 8. The molecule has 1 amide bonds. The molecule has 0 saturated carbocycles. The Morgan fingerprint density at radius 2 is 1.86 bits per heavy atom. The Labute approximate surface area is 167 Å². The monoisotopic (exact) mass is 381 g/mol. The second-order valence-corrected chi connectivity index (χ2v) is 7.56. The number of nitrogens with zero attached hydrogens (tertiary/aromatic N) is 3. The molecule has 6 heteroatoms. The molecule has 0 spiro atoms. The van der Waals surface area contributed by atoms with Gasteiger partial charge in [0.25, 0.3) is 5.91 Å². The molecule has 0 radical (unpaired) electrons. The van der Waals surface area contributed by atoms with Gasteiger partial charge in [-0.3, -0.25) is 4.79 Å². The van der Waals surface area contributed by atoms with Crippen LogP contribution in [0.1, 0.15) is 36.0 Å². The number of amides is 1. The van der Waals surface area contributed by atoms with Gasteiger partial charge < -0.3 is 20.4 Å². The predicted octanol–water partition coefficient (Wildman–Crippen LogP) is 3.69. The maximum absolute atomic E-state index is 12.6. The van der Waals surface area contributed by atoms with Crippen LogP contribution < -0.4 is 15.5 Å². The fraction of sp³-hybridized carbons (Fsp3) is 0.455. The summed E-state index contributed by atoms with van der Waals surface area (Å²) in [6.45, 7) is 4.08. The quantitative estimate of drug-likeness (QED) is 0.683. The molecule has 0 unspecified atom stereocenters. The van der Waals surface area contributed by atoms with Gasteiger partial charge in [-0.15, -0.1) is 0 Å². The molecule has 1 aliphatic rings. The first-order valence-electron chi connectivity index (χ1n) is 10.1. The second kappa shape index (κ2) is 10.1. The molecule has 3 rings (SSSR count). The molecular weight excluding hydrogens is 350 g/mol. The Morgan fingerprint density at radius 1 is 1.11 bits per heavy atom. The lowest BCUT2D eigenvalue weighted by atomic mass is 10.1. The normalized spacial score (nSPS) is 14.2. The van der Waals surface area contributed by atoms with Gasteiger partial charge in [0.2, 0.25) is 0 Å². The molecule has 150 valence electrons. The number of benzene rings is 1. The fourth-order valence-electron chi connectivity index (χ4n) is 3.39. The van der Waals surface area contributed by atoms with Crippen molar-refractivity contribution >= 4 is 23.1 Å². The third-order valence-corrected chi connectivity index (χ3v) is 4.96. The summed E-state index contributed by atoms with van der Waals surface area (Å²) >= 11 is 0. The lowest BCUT2D eigenvalue weighted by Gasteiger charge is -2.28. The summed E-state index contributed by atoms with van der Waals surface area (Å²) in [5, 5.41) is 6.26. The number of carbonyl (C=O) groups excluding carboxylic acids is 1. The van der Waals surface area contributed by atoms with E-state index in [9.17, 15) is 4.79 Å². The third-order valence-electron chi connectivity index (χ3n) is 4.96. The van der Waals surface area contributed by atoms with Crippen molar-refractivity contribution in [2.75, 3.05) is 55.8 Å². The van der Waals surface area contributed by atoms with Gasteiger partial charge in [0.15, 0.2) is 0 Å². The van der Waals surface area contributed by atoms with E-state index in [0.717, 1.165) is 44.1 Å². The summed E-state index contributed by atoms with van der Waals surface area (Å²) in [5.74, 6) is 0.608. The highest BCUT2D eigenvalue weighted by Crippen LogP contribution is 2.22. The number of hydrogen-bond acceptors (Lipinski definition) is 5. The zero-order chi connectivity index (χ0) is 19.8. The highest BCUT2D eigenvalue weighted by Gasteiger charge is 2.11. The van der Waals surface area contributed by atoms with Crippen LogP contribution in [0.25, 0.3) is 0 Å². The van der Waals surface area contributed by atoms with Crippen LogP contribution in [0.2, 0.25) is 0 Å². The number of hydrogen-bond donors (Lipinski definition) is 2. The third kappa shape index (κ3) is 5.96. The van der Waals surface area contributed by atoms with Gasteiger partial charge in [0.05, 0.1) is 0 Å². The van der Waals surface area contributed by atoms with Gasteiger partial charge in [-0.05, 0) is 82.7 Å². The average Bonchev–Trinajstić information content (AvgIpc) is 2.72. The minimum Gasteiger partial charge on any atom is -0.372 e. The van der Waals surface area contributed by atoms with Crippen molar-refractivity contribution in [2.45, 2.75) is 25.7 Å². The van der Waals surface area contributed by atoms with Gasteiger partial charge in [0.1, 0.15) is 5.82 Å². The minimum absolute atomic E-state index is 0.121. The van der Waals surface area contributed by atoms with Crippen LogP contribution in [0.5, 0.6) is 0 Å². The molecule has 0 aliphatic carbocycles. The summed E-state index contributed by atoms with van der Waals surface area (Å²) in [6.07, 6.45) is 6.53. The van der Waals surface area contributed by atoms with E-state index in [1.54, 1.807) is 18.3 Å². The Hall–Kier alpha value is -2.60. The topological polar surface area (TPSA) is 60.5 Å².